The van der Waals surface area contributed by atoms with Gasteiger partial charge < -0.3 is 4.74 Å². The number of hydrogen-bond acceptors (Lipinski definition) is 2. The molecule has 3 heteroatoms. The number of alkyl halides is 1. The highest BCUT2D eigenvalue weighted by Gasteiger charge is 1.96. The molecule has 0 radical (unpaired) electrons. The van der Waals surface area contributed by atoms with Gasteiger partial charge in [-0.2, -0.15) is 0 Å². The average Bonchev–Trinajstić information content (AvgIpc) is 2.08. The van der Waals surface area contributed by atoms with Crippen molar-refractivity contribution in [2.24, 2.45) is 0 Å². The average molecular weight is 221 g/mol. The van der Waals surface area contributed by atoms with Gasteiger partial charge in [0.15, 0.2) is 0 Å². The zero-order chi connectivity index (χ0) is 10.8. The van der Waals surface area contributed by atoms with Crippen molar-refractivity contribution in [1.29, 1.82) is 0 Å². The van der Waals surface area contributed by atoms with Gasteiger partial charge in [0.25, 0.3) is 0 Å². The van der Waals surface area contributed by atoms with Gasteiger partial charge in [-0.15, -0.1) is 11.6 Å². The highest BCUT2D eigenvalue weighted by atomic mass is 35.5. The molecule has 0 aromatic carbocycles. The summed E-state index contributed by atoms with van der Waals surface area (Å²) in [5.41, 5.74) is 0. The minimum Gasteiger partial charge on any atom is -0.466 e. The lowest BCUT2D eigenvalue weighted by molar-refractivity contribution is -0.141. The van der Waals surface area contributed by atoms with Crippen molar-refractivity contribution in [2.75, 3.05) is 6.61 Å². The molecule has 2 nitrogen and oxygen atoms in total. The lowest BCUT2D eigenvalue weighted by Crippen LogP contribution is -2.00. The molecule has 0 bridgehead atoms. The van der Waals surface area contributed by atoms with Crippen LogP contribution in [0.4, 0.5) is 0 Å². The highest BCUT2D eigenvalue weighted by molar-refractivity contribution is 6.20. The SMILES string of the molecule is CC(=O)OCCCCCCCC(C)Cl. The van der Waals surface area contributed by atoms with Gasteiger partial charge in [-0.25, -0.2) is 0 Å². The van der Waals surface area contributed by atoms with E-state index in [0.717, 1.165) is 19.3 Å². The van der Waals surface area contributed by atoms with Crippen molar-refractivity contribution in [3.8, 4) is 0 Å². The Morgan fingerprint density at radius 2 is 1.79 bits per heavy atom. The summed E-state index contributed by atoms with van der Waals surface area (Å²) in [6.45, 7) is 4.05. The minimum atomic E-state index is -0.180. The summed E-state index contributed by atoms with van der Waals surface area (Å²) in [5.74, 6) is -0.180. The Labute approximate surface area is 92.0 Å². The molecule has 0 aliphatic carbocycles. The van der Waals surface area contributed by atoms with Crippen molar-refractivity contribution >= 4 is 17.6 Å². The maximum absolute atomic E-state index is 10.4. The minimum absolute atomic E-state index is 0.180. The van der Waals surface area contributed by atoms with Crippen molar-refractivity contribution in [3.05, 3.63) is 0 Å². The summed E-state index contributed by atoms with van der Waals surface area (Å²) in [6, 6.07) is 0. The van der Waals surface area contributed by atoms with Gasteiger partial charge in [-0.3, -0.25) is 4.79 Å². The molecule has 0 saturated heterocycles. The van der Waals surface area contributed by atoms with Crippen LogP contribution in [0, 0.1) is 0 Å². The molecule has 0 aromatic rings. The van der Waals surface area contributed by atoms with Crippen LogP contribution in [0.3, 0.4) is 0 Å². The molecule has 1 unspecified atom stereocenters. The maximum Gasteiger partial charge on any atom is 0.302 e. The largest absolute Gasteiger partial charge is 0.466 e. The van der Waals surface area contributed by atoms with E-state index in [-0.39, 0.29) is 5.97 Å². The van der Waals surface area contributed by atoms with Crippen LogP contribution in [0.15, 0.2) is 0 Å². The van der Waals surface area contributed by atoms with Crippen LogP contribution in [0.25, 0.3) is 0 Å². The van der Waals surface area contributed by atoms with Crippen molar-refractivity contribution in [1.82, 2.24) is 0 Å². The lowest BCUT2D eigenvalue weighted by Gasteiger charge is -2.03. The molecule has 14 heavy (non-hydrogen) atoms. The van der Waals surface area contributed by atoms with Gasteiger partial charge in [0.1, 0.15) is 0 Å². The number of carbonyl (C=O) groups is 1. The third-order valence-corrected chi connectivity index (χ3v) is 2.27. The number of halogens is 1. The van der Waals surface area contributed by atoms with E-state index in [4.69, 9.17) is 16.3 Å². The quantitative estimate of drug-likeness (QED) is 0.356. The van der Waals surface area contributed by atoms with Gasteiger partial charge in [0, 0.05) is 12.3 Å². The van der Waals surface area contributed by atoms with Gasteiger partial charge in [0.2, 0.25) is 0 Å². The Morgan fingerprint density at radius 1 is 1.21 bits per heavy atom. The first-order valence-corrected chi connectivity index (χ1v) is 5.84. The molecule has 0 amide bonds. The second-order valence-electron chi connectivity index (χ2n) is 3.68. The number of hydrogen-bond donors (Lipinski definition) is 0. The molecule has 0 aromatic heterocycles. The van der Waals surface area contributed by atoms with Crippen LogP contribution < -0.4 is 0 Å². The van der Waals surface area contributed by atoms with Crippen LogP contribution in [-0.4, -0.2) is 18.0 Å². The lowest BCUT2D eigenvalue weighted by atomic mass is 10.1. The normalized spacial score (nSPS) is 12.5. The van der Waals surface area contributed by atoms with E-state index in [2.05, 4.69) is 0 Å². The maximum atomic E-state index is 10.4. The van der Waals surface area contributed by atoms with Crippen molar-refractivity contribution < 1.29 is 9.53 Å². The first kappa shape index (κ1) is 13.8. The molecular formula is C11H21ClO2. The van der Waals surface area contributed by atoms with Crippen LogP contribution in [0.5, 0.6) is 0 Å². The van der Waals surface area contributed by atoms with E-state index >= 15 is 0 Å². The van der Waals surface area contributed by atoms with E-state index in [9.17, 15) is 4.79 Å². The number of unbranched alkanes of at least 4 members (excludes halogenated alkanes) is 4. The standard InChI is InChI=1S/C11H21ClO2/c1-10(12)8-6-4-3-5-7-9-14-11(2)13/h10H,3-9H2,1-2H3. The molecule has 0 saturated carbocycles. The third-order valence-electron chi connectivity index (χ3n) is 2.05. The molecular weight excluding hydrogens is 200 g/mol. The first-order chi connectivity index (χ1) is 6.63. The fourth-order valence-corrected chi connectivity index (χ4v) is 1.43. The number of carbonyl (C=O) groups excluding carboxylic acids is 1. The third kappa shape index (κ3) is 11.8. The monoisotopic (exact) mass is 220 g/mol. The Hall–Kier alpha value is -0.240. The predicted molar refractivity (Wildman–Crippen MR) is 59.7 cm³/mol. The van der Waals surface area contributed by atoms with Gasteiger partial charge in [-0.05, 0) is 19.8 Å². The molecule has 0 aliphatic rings. The zero-order valence-corrected chi connectivity index (χ0v) is 9.98. The summed E-state index contributed by atoms with van der Waals surface area (Å²) < 4.78 is 4.83. The second-order valence-corrected chi connectivity index (χ2v) is 4.42. The molecule has 1 atom stereocenters. The summed E-state index contributed by atoms with van der Waals surface area (Å²) in [5, 5.41) is 0.302. The number of esters is 1. The fraction of sp³-hybridized carbons (Fsp3) is 0.909. The van der Waals surface area contributed by atoms with E-state index in [0.29, 0.717) is 12.0 Å². The summed E-state index contributed by atoms with van der Waals surface area (Å²) in [4.78, 5) is 10.4. The Kier molecular flexibility index (Phi) is 9.16. The van der Waals surface area contributed by atoms with Crippen molar-refractivity contribution in [2.45, 2.75) is 57.7 Å². The van der Waals surface area contributed by atoms with Crippen LogP contribution in [0.1, 0.15) is 52.4 Å². The van der Waals surface area contributed by atoms with Crippen LogP contribution in [0.2, 0.25) is 0 Å². The second kappa shape index (κ2) is 9.32. The molecule has 0 rings (SSSR count). The summed E-state index contributed by atoms with van der Waals surface area (Å²) >= 11 is 5.82. The summed E-state index contributed by atoms with van der Waals surface area (Å²) in [7, 11) is 0. The summed E-state index contributed by atoms with van der Waals surface area (Å²) in [6.07, 6.45) is 6.88. The molecule has 84 valence electrons. The molecule has 0 N–H and O–H groups in total. The topological polar surface area (TPSA) is 26.3 Å². The first-order valence-electron chi connectivity index (χ1n) is 5.40. The molecule has 0 fully saturated rings. The van der Waals surface area contributed by atoms with E-state index < -0.39 is 0 Å². The Bertz CT molecular complexity index is 146. The molecule has 0 spiro atoms. The zero-order valence-electron chi connectivity index (χ0n) is 9.22. The fourth-order valence-electron chi connectivity index (χ4n) is 1.27. The van der Waals surface area contributed by atoms with Crippen molar-refractivity contribution in [3.63, 3.8) is 0 Å². The number of rotatable bonds is 8. The highest BCUT2D eigenvalue weighted by Crippen LogP contribution is 2.10. The van der Waals surface area contributed by atoms with Crippen LogP contribution in [-0.2, 0) is 9.53 Å². The smallest absolute Gasteiger partial charge is 0.302 e. The van der Waals surface area contributed by atoms with Gasteiger partial charge >= 0.3 is 5.97 Å². The van der Waals surface area contributed by atoms with E-state index in [1.165, 1.54) is 26.2 Å². The van der Waals surface area contributed by atoms with Crippen LogP contribution >= 0.6 is 11.6 Å². The van der Waals surface area contributed by atoms with E-state index in [1.54, 1.807) is 0 Å². The Morgan fingerprint density at radius 3 is 2.36 bits per heavy atom. The molecule has 0 aliphatic heterocycles. The predicted octanol–water partition coefficient (Wildman–Crippen LogP) is 3.52. The van der Waals surface area contributed by atoms with Gasteiger partial charge in [0.05, 0.1) is 6.61 Å². The van der Waals surface area contributed by atoms with E-state index in [1.807, 2.05) is 6.92 Å². The van der Waals surface area contributed by atoms with Gasteiger partial charge in [-0.1, -0.05) is 25.7 Å². The molecule has 0 heterocycles. The Balaban J connectivity index is 2.96. The number of ether oxygens (including phenoxy) is 1.